The second-order valence-electron chi connectivity index (χ2n) is 6.77. The predicted octanol–water partition coefficient (Wildman–Crippen LogP) is 1.90. The van der Waals surface area contributed by atoms with Crippen molar-refractivity contribution in [2.24, 2.45) is 22.7 Å². The van der Waals surface area contributed by atoms with Gasteiger partial charge in [0.1, 0.15) is 11.5 Å². The molecule has 4 nitrogen and oxygen atoms in total. The number of amides is 1. The number of fused-ring (bicyclic) bond motifs is 1. The lowest BCUT2D eigenvalue weighted by molar-refractivity contribution is -0.200. The van der Waals surface area contributed by atoms with Gasteiger partial charge < -0.3 is 10.0 Å². The van der Waals surface area contributed by atoms with Crippen LogP contribution in [0.3, 0.4) is 0 Å². The van der Waals surface area contributed by atoms with E-state index in [0.29, 0.717) is 0 Å². The van der Waals surface area contributed by atoms with Gasteiger partial charge in [-0.25, -0.2) is 4.79 Å². The lowest BCUT2D eigenvalue weighted by Gasteiger charge is -2.32. The van der Waals surface area contributed by atoms with E-state index in [0.717, 1.165) is 4.90 Å². The number of hydrogen-bond acceptors (Lipinski definition) is 2. The van der Waals surface area contributed by atoms with E-state index in [1.807, 2.05) is 13.8 Å². The SMILES string of the molecule is CC1(C)[C@@H]2[C@@H](C(=O)O)N(C(=O)C3(C(F)(F)F)CC3)C[C@@H]21. The lowest BCUT2D eigenvalue weighted by Crippen LogP contribution is -2.51. The van der Waals surface area contributed by atoms with E-state index < -0.39 is 29.5 Å². The van der Waals surface area contributed by atoms with Crippen molar-refractivity contribution in [3.8, 4) is 0 Å². The van der Waals surface area contributed by atoms with E-state index in [2.05, 4.69) is 0 Å². The van der Waals surface area contributed by atoms with Crippen LogP contribution in [0.1, 0.15) is 26.7 Å². The first-order chi connectivity index (χ1) is 9.04. The summed E-state index contributed by atoms with van der Waals surface area (Å²) in [7, 11) is 0. The summed E-state index contributed by atoms with van der Waals surface area (Å²) < 4.78 is 39.0. The fourth-order valence-corrected chi connectivity index (χ4v) is 3.80. The van der Waals surface area contributed by atoms with Crippen molar-refractivity contribution >= 4 is 11.9 Å². The Morgan fingerprint density at radius 1 is 1.25 bits per heavy atom. The van der Waals surface area contributed by atoms with Gasteiger partial charge in [-0.3, -0.25) is 4.79 Å². The van der Waals surface area contributed by atoms with Gasteiger partial charge in [-0.1, -0.05) is 13.8 Å². The molecule has 112 valence electrons. The third-order valence-corrected chi connectivity index (χ3v) is 5.42. The number of hydrogen-bond donors (Lipinski definition) is 1. The van der Waals surface area contributed by atoms with E-state index >= 15 is 0 Å². The van der Waals surface area contributed by atoms with Crippen LogP contribution in [0.25, 0.3) is 0 Å². The van der Waals surface area contributed by atoms with Gasteiger partial charge in [0.15, 0.2) is 0 Å². The molecule has 1 saturated heterocycles. The molecule has 3 aliphatic rings. The zero-order valence-electron chi connectivity index (χ0n) is 11.2. The zero-order valence-corrected chi connectivity index (χ0v) is 11.2. The predicted molar refractivity (Wildman–Crippen MR) is 61.6 cm³/mol. The van der Waals surface area contributed by atoms with Crippen LogP contribution >= 0.6 is 0 Å². The maximum Gasteiger partial charge on any atom is 0.403 e. The van der Waals surface area contributed by atoms with E-state index in [1.54, 1.807) is 0 Å². The van der Waals surface area contributed by atoms with Gasteiger partial charge in [-0.2, -0.15) is 13.2 Å². The van der Waals surface area contributed by atoms with Crippen LogP contribution in [-0.2, 0) is 9.59 Å². The molecule has 1 heterocycles. The summed E-state index contributed by atoms with van der Waals surface area (Å²) in [4.78, 5) is 24.5. The maximum absolute atomic E-state index is 13.0. The number of carbonyl (C=O) groups excluding carboxylic acids is 1. The van der Waals surface area contributed by atoms with Gasteiger partial charge in [-0.15, -0.1) is 0 Å². The fraction of sp³-hybridized carbons (Fsp3) is 0.846. The van der Waals surface area contributed by atoms with E-state index in [9.17, 15) is 27.9 Å². The standard InChI is InChI=1S/C13H16F3NO3/c1-11(2)6-5-17(8(7(6)11)9(18)19)10(20)12(3-4-12)13(14,15)16/h6-8H,3-5H2,1-2H3,(H,18,19)/t6-,7-,8-/m0/s1. The minimum Gasteiger partial charge on any atom is -0.480 e. The number of likely N-dealkylation sites (tertiary alicyclic amines) is 1. The number of carboxylic acids is 1. The highest BCUT2D eigenvalue weighted by Crippen LogP contribution is 2.67. The third kappa shape index (κ3) is 1.49. The van der Waals surface area contributed by atoms with Gasteiger partial charge in [0.05, 0.1) is 0 Å². The van der Waals surface area contributed by atoms with Gasteiger partial charge in [0.25, 0.3) is 0 Å². The molecule has 2 saturated carbocycles. The van der Waals surface area contributed by atoms with Crippen LogP contribution in [0, 0.1) is 22.7 Å². The second kappa shape index (κ2) is 3.49. The van der Waals surface area contributed by atoms with E-state index in [4.69, 9.17) is 0 Å². The summed E-state index contributed by atoms with van der Waals surface area (Å²) >= 11 is 0. The van der Waals surface area contributed by atoms with Crippen LogP contribution in [0.2, 0.25) is 0 Å². The summed E-state index contributed by atoms with van der Waals surface area (Å²) in [6, 6.07) is -1.11. The summed E-state index contributed by atoms with van der Waals surface area (Å²) in [5, 5.41) is 9.28. The number of piperidine rings is 1. The van der Waals surface area contributed by atoms with Crippen LogP contribution in [-0.4, -0.2) is 40.6 Å². The quantitative estimate of drug-likeness (QED) is 0.845. The van der Waals surface area contributed by atoms with Crippen molar-refractivity contribution in [2.75, 3.05) is 6.54 Å². The highest BCUT2D eigenvalue weighted by Gasteiger charge is 2.75. The topological polar surface area (TPSA) is 57.6 Å². The number of nitrogens with zero attached hydrogens (tertiary/aromatic N) is 1. The van der Waals surface area contributed by atoms with Crippen LogP contribution < -0.4 is 0 Å². The molecule has 1 aliphatic heterocycles. The molecule has 1 amide bonds. The van der Waals surface area contributed by atoms with Crippen molar-refractivity contribution in [2.45, 2.75) is 38.9 Å². The van der Waals surface area contributed by atoms with Gasteiger partial charge in [-0.05, 0) is 24.2 Å². The smallest absolute Gasteiger partial charge is 0.403 e. The molecular weight excluding hydrogens is 275 g/mol. The largest absolute Gasteiger partial charge is 0.480 e. The van der Waals surface area contributed by atoms with Crippen molar-refractivity contribution in [1.29, 1.82) is 0 Å². The molecule has 0 aromatic heterocycles. The average molecular weight is 291 g/mol. The van der Waals surface area contributed by atoms with Crippen LogP contribution in [0.4, 0.5) is 13.2 Å². The number of aliphatic carboxylic acids is 1. The number of carboxylic acid groups (broad SMARTS) is 1. The minimum atomic E-state index is -4.59. The Bertz CT molecular complexity index is 496. The number of alkyl halides is 3. The summed E-state index contributed by atoms with van der Waals surface area (Å²) in [6.45, 7) is 3.93. The van der Waals surface area contributed by atoms with Gasteiger partial charge in [0.2, 0.25) is 5.91 Å². The Morgan fingerprint density at radius 3 is 2.20 bits per heavy atom. The Hall–Kier alpha value is -1.27. The number of halogens is 3. The Labute approximate surface area is 113 Å². The minimum absolute atomic E-state index is 0.00316. The molecule has 0 aromatic carbocycles. The van der Waals surface area contributed by atoms with Crippen LogP contribution in [0.15, 0.2) is 0 Å². The number of rotatable bonds is 2. The highest BCUT2D eigenvalue weighted by molar-refractivity contribution is 5.91. The lowest BCUT2D eigenvalue weighted by atomic mass is 9.98. The van der Waals surface area contributed by atoms with E-state index in [-0.39, 0.29) is 36.6 Å². The maximum atomic E-state index is 13.0. The molecule has 3 fully saturated rings. The Balaban J connectivity index is 1.86. The first kappa shape index (κ1) is 13.7. The molecule has 3 atom stereocenters. The molecule has 0 unspecified atom stereocenters. The molecule has 20 heavy (non-hydrogen) atoms. The van der Waals surface area contributed by atoms with Gasteiger partial charge >= 0.3 is 12.1 Å². The molecule has 0 spiro atoms. The molecule has 0 aromatic rings. The third-order valence-electron chi connectivity index (χ3n) is 5.42. The first-order valence-corrected chi connectivity index (χ1v) is 6.64. The Morgan fingerprint density at radius 2 is 1.80 bits per heavy atom. The van der Waals surface area contributed by atoms with Crippen molar-refractivity contribution < 1.29 is 27.9 Å². The fourth-order valence-electron chi connectivity index (χ4n) is 3.80. The van der Waals surface area contributed by atoms with Crippen molar-refractivity contribution in [1.82, 2.24) is 4.90 Å². The number of carbonyl (C=O) groups is 2. The molecule has 0 radical (unpaired) electrons. The molecule has 1 N–H and O–H groups in total. The second-order valence-corrected chi connectivity index (χ2v) is 6.77. The normalized spacial score (nSPS) is 36.5. The van der Waals surface area contributed by atoms with E-state index in [1.165, 1.54) is 0 Å². The van der Waals surface area contributed by atoms with Crippen LogP contribution in [0.5, 0.6) is 0 Å². The molecule has 0 bridgehead atoms. The summed E-state index contributed by atoms with van der Waals surface area (Å²) in [6.07, 6.45) is -5.04. The highest BCUT2D eigenvalue weighted by atomic mass is 19.4. The van der Waals surface area contributed by atoms with Crippen molar-refractivity contribution in [3.05, 3.63) is 0 Å². The Kier molecular flexibility index (Phi) is 2.39. The molecule has 2 aliphatic carbocycles. The molecular formula is C13H16F3NO3. The van der Waals surface area contributed by atoms with Crippen molar-refractivity contribution in [3.63, 3.8) is 0 Å². The summed E-state index contributed by atoms with van der Waals surface area (Å²) in [5.74, 6) is -2.47. The molecule has 3 rings (SSSR count). The first-order valence-electron chi connectivity index (χ1n) is 6.64. The summed E-state index contributed by atoms with van der Waals surface area (Å²) in [5.41, 5.74) is -2.52. The van der Waals surface area contributed by atoms with Gasteiger partial charge in [0, 0.05) is 12.5 Å². The monoisotopic (exact) mass is 291 g/mol. The molecule has 7 heteroatoms. The average Bonchev–Trinajstić information content (AvgIpc) is 3.12. The zero-order chi connectivity index (χ0) is 15.1.